The fraction of sp³-hybridized carbons (Fsp3) is 0.125. The van der Waals surface area contributed by atoms with Crippen molar-refractivity contribution in [3.63, 3.8) is 0 Å². The van der Waals surface area contributed by atoms with Crippen LogP contribution in [-0.2, 0) is 6.18 Å². The monoisotopic (exact) mass is 436 g/mol. The molecule has 0 spiro atoms. The summed E-state index contributed by atoms with van der Waals surface area (Å²) >= 11 is 0. The molecule has 4 rings (SSSR count). The average Bonchev–Trinajstić information content (AvgIpc) is 3.19. The van der Waals surface area contributed by atoms with Gasteiger partial charge in [-0.05, 0) is 30.2 Å². The number of pyridine rings is 1. The molecule has 2 aromatic carbocycles. The number of rotatable bonds is 5. The number of carbonyl (C=O) groups excluding carboxylic acids is 1. The zero-order valence-corrected chi connectivity index (χ0v) is 17.0. The Hall–Kier alpha value is -3.94. The molecule has 1 N–H and O–H groups in total. The normalized spacial score (nSPS) is 11.5. The Kier molecular flexibility index (Phi) is 5.77. The molecule has 0 saturated heterocycles. The van der Waals surface area contributed by atoms with Crippen molar-refractivity contribution in [2.75, 3.05) is 0 Å². The summed E-state index contributed by atoms with van der Waals surface area (Å²) in [7, 11) is 0. The highest BCUT2D eigenvalue weighted by atomic mass is 19.4. The van der Waals surface area contributed by atoms with Gasteiger partial charge in [-0.25, -0.2) is 9.67 Å². The van der Waals surface area contributed by atoms with E-state index >= 15 is 0 Å². The Bertz CT molecular complexity index is 1160. The minimum atomic E-state index is -4.47. The Labute approximate surface area is 182 Å². The molecule has 5 nitrogen and oxygen atoms in total. The van der Waals surface area contributed by atoms with E-state index < -0.39 is 11.7 Å². The summed E-state index contributed by atoms with van der Waals surface area (Å²) in [5, 5.41) is 7.20. The maximum atomic E-state index is 13.1. The molecule has 0 aliphatic rings. The number of aromatic nitrogens is 3. The lowest BCUT2D eigenvalue weighted by Crippen LogP contribution is -2.29. The fourth-order valence-electron chi connectivity index (χ4n) is 3.40. The van der Waals surface area contributed by atoms with Gasteiger partial charge in [-0.15, -0.1) is 0 Å². The van der Waals surface area contributed by atoms with Crippen LogP contribution in [0.5, 0.6) is 0 Å². The maximum absolute atomic E-state index is 13.1. The molecule has 0 unspecified atom stereocenters. The largest absolute Gasteiger partial charge is 0.417 e. The zero-order chi connectivity index (χ0) is 22.7. The molecule has 32 heavy (non-hydrogen) atoms. The first kappa shape index (κ1) is 21.3. The van der Waals surface area contributed by atoms with E-state index in [9.17, 15) is 18.0 Å². The number of nitrogens with zero attached hydrogens (tertiary/aromatic N) is 3. The summed E-state index contributed by atoms with van der Waals surface area (Å²) in [6, 6.07) is 20.9. The van der Waals surface area contributed by atoms with Gasteiger partial charge in [0.05, 0.1) is 29.1 Å². The lowest BCUT2D eigenvalue weighted by molar-refractivity contribution is -0.137. The maximum Gasteiger partial charge on any atom is 0.417 e. The lowest BCUT2D eigenvalue weighted by atomic mass is 9.98. The Balaban J connectivity index is 1.61. The van der Waals surface area contributed by atoms with E-state index in [1.54, 1.807) is 6.92 Å². The van der Waals surface area contributed by atoms with E-state index in [2.05, 4.69) is 15.4 Å². The van der Waals surface area contributed by atoms with Crippen LogP contribution in [0.4, 0.5) is 13.2 Å². The van der Waals surface area contributed by atoms with Crippen LogP contribution in [0.3, 0.4) is 0 Å². The second-order valence-electron chi connectivity index (χ2n) is 7.19. The van der Waals surface area contributed by atoms with Crippen molar-refractivity contribution < 1.29 is 18.0 Å². The van der Waals surface area contributed by atoms with Gasteiger partial charge in [-0.3, -0.25) is 4.79 Å². The SMILES string of the molecule is Cc1c(C(=O)NC(c2ccccc2)c2ccccc2)cnn1-c1ccc(C(F)(F)F)cn1. The van der Waals surface area contributed by atoms with Crippen LogP contribution in [0.2, 0.25) is 0 Å². The second-order valence-corrected chi connectivity index (χ2v) is 7.19. The van der Waals surface area contributed by atoms with E-state index in [4.69, 9.17) is 0 Å². The number of benzene rings is 2. The lowest BCUT2D eigenvalue weighted by Gasteiger charge is -2.20. The van der Waals surface area contributed by atoms with Crippen molar-refractivity contribution >= 4 is 5.91 Å². The summed E-state index contributed by atoms with van der Waals surface area (Å²) in [5.74, 6) is -0.157. The molecule has 0 bridgehead atoms. The average molecular weight is 436 g/mol. The standard InChI is InChI=1S/C24H19F3N4O/c1-16-20(15-29-31(16)21-13-12-19(14-28-21)24(25,26)27)23(32)30-22(17-8-4-2-5-9-17)18-10-6-3-7-11-18/h2-15,22H,1H3,(H,30,32). The van der Waals surface area contributed by atoms with Crippen LogP contribution in [0.15, 0.2) is 85.2 Å². The number of hydrogen-bond acceptors (Lipinski definition) is 3. The molecular weight excluding hydrogens is 417 g/mol. The number of alkyl halides is 3. The van der Waals surface area contributed by atoms with Crippen molar-refractivity contribution in [2.45, 2.75) is 19.1 Å². The van der Waals surface area contributed by atoms with Gasteiger partial charge in [0.2, 0.25) is 0 Å². The molecule has 0 saturated carbocycles. The Morgan fingerprint density at radius 3 is 2.00 bits per heavy atom. The number of nitrogens with one attached hydrogen (secondary N) is 1. The highest BCUT2D eigenvalue weighted by Crippen LogP contribution is 2.29. The molecule has 0 atom stereocenters. The van der Waals surface area contributed by atoms with E-state index in [-0.39, 0.29) is 17.8 Å². The summed E-state index contributed by atoms with van der Waals surface area (Å²) in [5.41, 5.74) is 1.76. The second kappa shape index (κ2) is 8.66. The third-order valence-electron chi connectivity index (χ3n) is 5.09. The van der Waals surface area contributed by atoms with Crippen molar-refractivity contribution in [2.24, 2.45) is 0 Å². The smallest absolute Gasteiger partial charge is 0.341 e. The summed E-state index contributed by atoms with van der Waals surface area (Å²) in [4.78, 5) is 17.0. The molecule has 2 aromatic heterocycles. The summed E-state index contributed by atoms with van der Waals surface area (Å²) < 4.78 is 39.7. The number of halogens is 3. The van der Waals surface area contributed by atoms with Gasteiger partial charge in [0, 0.05) is 6.20 Å². The van der Waals surface area contributed by atoms with Crippen molar-refractivity contribution in [1.29, 1.82) is 0 Å². The minimum absolute atomic E-state index is 0.192. The van der Waals surface area contributed by atoms with Gasteiger partial charge in [-0.1, -0.05) is 60.7 Å². The van der Waals surface area contributed by atoms with Crippen LogP contribution in [0, 0.1) is 6.92 Å². The van der Waals surface area contributed by atoms with Gasteiger partial charge >= 0.3 is 6.18 Å². The molecule has 0 fully saturated rings. The van der Waals surface area contributed by atoms with Crippen molar-refractivity contribution in [3.8, 4) is 5.82 Å². The van der Waals surface area contributed by atoms with Crippen molar-refractivity contribution in [3.05, 3.63) is 113 Å². The molecule has 2 heterocycles. The first-order valence-corrected chi connectivity index (χ1v) is 9.83. The van der Waals surface area contributed by atoms with Gasteiger partial charge in [-0.2, -0.15) is 18.3 Å². The predicted molar refractivity (Wildman–Crippen MR) is 113 cm³/mol. The molecule has 0 aliphatic heterocycles. The summed E-state index contributed by atoms with van der Waals surface area (Å²) in [6.45, 7) is 1.67. The van der Waals surface area contributed by atoms with Crippen LogP contribution >= 0.6 is 0 Å². The fourth-order valence-corrected chi connectivity index (χ4v) is 3.40. The van der Waals surface area contributed by atoms with E-state index in [0.717, 1.165) is 23.4 Å². The highest BCUT2D eigenvalue weighted by Gasteiger charge is 2.31. The van der Waals surface area contributed by atoms with Crippen LogP contribution in [-0.4, -0.2) is 20.7 Å². The van der Waals surface area contributed by atoms with E-state index in [1.807, 2.05) is 60.7 Å². The Morgan fingerprint density at radius 2 is 1.50 bits per heavy atom. The zero-order valence-electron chi connectivity index (χ0n) is 17.0. The number of hydrogen-bond donors (Lipinski definition) is 1. The Morgan fingerprint density at radius 1 is 0.906 bits per heavy atom. The third-order valence-corrected chi connectivity index (χ3v) is 5.09. The summed E-state index contributed by atoms with van der Waals surface area (Å²) in [6.07, 6.45) is -2.34. The first-order chi connectivity index (χ1) is 15.3. The van der Waals surface area contributed by atoms with Crippen LogP contribution in [0.25, 0.3) is 5.82 Å². The van der Waals surface area contributed by atoms with Crippen molar-refractivity contribution in [1.82, 2.24) is 20.1 Å². The molecule has 162 valence electrons. The van der Waals surface area contributed by atoms with E-state index in [1.165, 1.54) is 16.9 Å². The van der Waals surface area contributed by atoms with Gasteiger partial charge in [0.25, 0.3) is 5.91 Å². The molecule has 0 radical (unpaired) electrons. The third kappa shape index (κ3) is 4.39. The molecule has 8 heteroatoms. The quantitative estimate of drug-likeness (QED) is 0.473. The number of carbonyl (C=O) groups is 1. The molecule has 4 aromatic rings. The van der Waals surface area contributed by atoms with Gasteiger partial charge < -0.3 is 5.32 Å². The minimum Gasteiger partial charge on any atom is -0.341 e. The molecular formula is C24H19F3N4O. The first-order valence-electron chi connectivity index (χ1n) is 9.83. The highest BCUT2D eigenvalue weighted by molar-refractivity contribution is 5.95. The molecule has 0 aliphatic carbocycles. The van der Waals surface area contributed by atoms with E-state index in [0.29, 0.717) is 11.3 Å². The predicted octanol–water partition coefficient (Wildman–Crippen LogP) is 5.11. The van der Waals surface area contributed by atoms with Crippen LogP contribution < -0.4 is 5.32 Å². The molecule has 1 amide bonds. The topological polar surface area (TPSA) is 59.8 Å². The number of amides is 1. The van der Waals surface area contributed by atoms with Crippen LogP contribution in [0.1, 0.15) is 38.8 Å². The van der Waals surface area contributed by atoms with Gasteiger partial charge in [0.1, 0.15) is 0 Å². The van der Waals surface area contributed by atoms with Gasteiger partial charge in [0.15, 0.2) is 5.82 Å².